The molecule has 0 atom stereocenters. The van der Waals surface area contributed by atoms with Gasteiger partial charge in [0.05, 0.1) is 13.2 Å². The molecule has 0 saturated heterocycles. The van der Waals surface area contributed by atoms with Gasteiger partial charge in [-0.25, -0.2) is 4.79 Å². The second kappa shape index (κ2) is 7.93. The van der Waals surface area contributed by atoms with Gasteiger partial charge in [0.25, 0.3) is 0 Å². The number of thiophene rings is 1. The molecule has 2 rings (SSSR count). The maximum Gasteiger partial charge on any atom is 0.315 e. The number of nitrogens with one attached hydrogen (secondary N) is 2. The first-order chi connectivity index (χ1) is 9.78. The number of rotatable bonds is 4. The lowest BCUT2D eigenvalue weighted by molar-refractivity contribution is 0.237. The van der Waals surface area contributed by atoms with Crippen LogP contribution in [0.3, 0.4) is 0 Å². The first-order valence-electron chi connectivity index (χ1n) is 6.99. The fraction of sp³-hybridized carbons (Fsp3) is 0.533. The van der Waals surface area contributed by atoms with E-state index in [1.807, 2.05) is 11.4 Å². The Kier molecular flexibility index (Phi) is 5.90. The van der Waals surface area contributed by atoms with Gasteiger partial charge < -0.3 is 15.7 Å². The van der Waals surface area contributed by atoms with Crippen molar-refractivity contribution in [2.45, 2.75) is 44.7 Å². The standard InChI is InChI=1S/C15H20N2O2S/c18-8-4-3-5-12-9-14(20-11-12)10-16-15(19)17-13-6-1-2-7-13/h9,11,13,18H,1-2,4,6-8,10H2,(H2,16,17,19). The fourth-order valence-electron chi connectivity index (χ4n) is 2.23. The Hall–Kier alpha value is -1.51. The van der Waals surface area contributed by atoms with Gasteiger partial charge in [0, 0.05) is 28.3 Å². The van der Waals surface area contributed by atoms with Crippen molar-refractivity contribution in [2.24, 2.45) is 0 Å². The third-order valence-corrected chi connectivity index (χ3v) is 4.17. The first kappa shape index (κ1) is 14.9. The number of aliphatic hydroxyl groups is 1. The first-order valence-corrected chi connectivity index (χ1v) is 7.87. The summed E-state index contributed by atoms with van der Waals surface area (Å²) in [5, 5.41) is 16.5. The summed E-state index contributed by atoms with van der Waals surface area (Å²) >= 11 is 1.58. The van der Waals surface area contributed by atoms with Crippen LogP contribution in [0.5, 0.6) is 0 Å². The molecule has 1 saturated carbocycles. The average molecular weight is 292 g/mol. The highest BCUT2D eigenvalue weighted by atomic mass is 32.1. The maximum absolute atomic E-state index is 11.7. The largest absolute Gasteiger partial charge is 0.395 e. The second-order valence-electron chi connectivity index (χ2n) is 4.89. The third-order valence-electron chi connectivity index (χ3n) is 3.24. The zero-order valence-electron chi connectivity index (χ0n) is 11.4. The number of hydrogen-bond donors (Lipinski definition) is 3. The fourth-order valence-corrected chi connectivity index (χ4v) is 2.99. The van der Waals surface area contributed by atoms with Crippen molar-refractivity contribution < 1.29 is 9.90 Å². The van der Waals surface area contributed by atoms with E-state index in [9.17, 15) is 4.79 Å². The second-order valence-corrected chi connectivity index (χ2v) is 5.88. The van der Waals surface area contributed by atoms with Crippen LogP contribution in [0.4, 0.5) is 4.79 Å². The van der Waals surface area contributed by atoms with Crippen LogP contribution in [-0.4, -0.2) is 23.8 Å². The number of aliphatic hydroxyl groups excluding tert-OH is 1. The Labute approximate surface area is 123 Å². The molecule has 5 heteroatoms. The molecule has 1 aliphatic rings. The van der Waals surface area contributed by atoms with Gasteiger partial charge in [0.2, 0.25) is 0 Å². The quantitative estimate of drug-likeness (QED) is 0.745. The number of carbonyl (C=O) groups is 1. The Morgan fingerprint density at radius 1 is 1.45 bits per heavy atom. The van der Waals surface area contributed by atoms with E-state index in [0.29, 0.717) is 19.0 Å². The Morgan fingerprint density at radius 2 is 2.25 bits per heavy atom. The van der Waals surface area contributed by atoms with Crippen molar-refractivity contribution in [3.05, 3.63) is 21.9 Å². The highest BCUT2D eigenvalue weighted by Crippen LogP contribution is 2.17. The molecular weight excluding hydrogens is 272 g/mol. The van der Waals surface area contributed by atoms with Crippen molar-refractivity contribution in [2.75, 3.05) is 6.61 Å². The summed E-state index contributed by atoms with van der Waals surface area (Å²) in [5.74, 6) is 5.87. The summed E-state index contributed by atoms with van der Waals surface area (Å²) in [5.41, 5.74) is 0.941. The summed E-state index contributed by atoms with van der Waals surface area (Å²) < 4.78 is 0. The van der Waals surface area contributed by atoms with Crippen LogP contribution >= 0.6 is 11.3 Å². The molecule has 2 amide bonds. The van der Waals surface area contributed by atoms with Gasteiger partial charge in [-0.3, -0.25) is 0 Å². The summed E-state index contributed by atoms with van der Waals surface area (Å²) in [6, 6.07) is 2.24. The maximum atomic E-state index is 11.7. The summed E-state index contributed by atoms with van der Waals surface area (Å²) in [4.78, 5) is 12.8. The van der Waals surface area contributed by atoms with Crippen molar-refractivity contribution in [3.63, 3.8) is 0 Å². The van der Waals surface area contributed by atoms with Crippen LogP contribution in [0, 0.1) is 11.8 Å². The van der Waals surface area contributed by atoms with Gasteiger partial charge in [-0.05, 0) is 18.9 Å². The van der Waals surface area contributed by atoms with Gasteiger partial charge >= 0.3 is 6.03 Å². The van der Waals surface area contributed by atoms with E-state index in [1.165, 1.54) is 12.8 Å². The van der Waals surface area contributed by atoms with Crippen molar-refractivity contribution in [1.82, 2.24) is 10.6 Å². The number of urea groups is 1. The normalized spacial score (nSPS) is 14.7. The van der Waals surface area contributed by atoms with Gasteiger partial charge in [0.1, 0.15) is 0 Å². The predicted molar refractivity (Wildman–Crippen MR) is 80.5 cm³/mol. The Bertz CT molecular complexity index is 495. The van der Waals surface area contributed by atoms with Crippen molar-refractivity contribution in [1.29, 1.82) is 0 Å². The van der Waals surface area contributed by atoms with Crippen LogP contribution in [0.15, 0.2) is 11.4 Å². The smallest absolute Gasteiger partial charge is 0.315 e. The molecular formula is C15H20N2O2S. The van der Waals surface area contributed by atoms with Crippen LogP contribution in [-0.2, 0) is 6.54 Å². The molecule has 108 valence electrons. The highest BCUT2D eigenvalue weighted by Gasteiger charge is 2.16. The summed E-state index contributed by atoms with van der Waals surface area (Å²) in [6.07, 6.45) is 5.11. The van der Waals surface area contributed by atoms with Gasteiger partial charge in [-0.2, -0.15) is 0 Å². The van der Waals surface area contributed by atoms with Crippen LogP contribution in [0.1, 0.15) is 42.5 Å². The lowest BCUT2D eigenvalue weighted by Gasteiger charge is -2.12. The van der Waals surface area contributed by atoms with Crippen LogP contribution in [0.25, 0.3) is 0 Å². The van der Waals surface area contributed by atoms with E-state index in [1.54, 1.807) is 11.3 Å². The number of hydrogen-bond acceptors (Lipinski definition) is 3. The van der Waals surface area contributed by atoms with E-state index in [0.717, 1.165) is 23.3 Å². The number of carbonyl (C=O) groups excluding carboxylic acids is 1. The predicted octanol–water partition coefficient (Wildman–Crippen LogP) is 2.22. The van der Waals surface area contributed by atoms with E-state index < -0.39 is 0 Å². The third kappa shape index (κ3) is 4.87. The number of amides is 2. The van der Waals surface area contributed by atoms with Gasteiger partial charge in [-0.1, -0.05) is 24.7 Å². The van der Waals surface area contributed by atoms with Gasteiger partial charge in [-0.15, -0.1) is 11.3 Å². The SMILES string of the molecule is O=C(NCc1cc(C#CCCO)cs1)NC1CCCC1. The molecule has 1 aromatic rings. The van der Waals surface area contributed by atoms with Crippen LogP contribution in [0.2, 0.25) is 0 Å². The molecule has 1 aromatic heterocycles. The van der Waals surface area contributed by atoms with Crippen molar-refractivity contribution in [3.8, 4) is 11.8 Å². The van der Waals surface area contributed by atoms with E-state index >= 15 is 0 Å². The molecule has 1 fully saturated rings. The zero-order valence-corrected chi connectivity index (χ0v) is 12.3. The molecule has 0 aromatic carbocycles. The zero-order chi connectivity index (χ0) is 14.2. The molecule has 4 nitrogen and oxygen atoms in total. The molecule has 0 spiro atoms. The van der Waals surface area contributed by atoms with Crippen LogP contribution < -0.4 is 10.6 Å². The minimum atomic E-state index is -0.0850. The highest BCUT2D eigenvalue weighted by molar-refractivity contribution is 7.10. The summed E-state index contributed by atoms with van der Waals surface area (Å²) in [7, 11) is 0. The molecule has 3 N–H and O–H groups in total. The Balaban J connectivity index is 1.73. The minimum Gasteiger partial charge on any atom is -0.395 e. The van der Waals surface area contributed by atoms with E-state index in [4.69, 9.17) is 5.11 Å². The topological polar surface area (TPSA) is 61.4 Å². The molecule has 0 bridgehead atoms. The molecule has 1 aliphatic carbocycles. The average Bonchev–Trinajstić information content (AvgIpc) is 3.08. The minimum absolute atomic E-state index is 0.0850. The van der Waals surface area contributed by atoms with Crippen molar-refractivity contribution >= 4 is 17.4 Å². The molecule has 0 aliphatic heterocycles. The monoisotopic (exact) mass is 292 g/mol. The summed E-state index contributed by atoms with van der Waals surface area (Å²) in [6.45, 7) is 0.623. The van der Waals surface area contributed by atoms with E-state index in [2.05, 4.69) is 22.5 Å². The lowest BCUT2D eigenvalue weighted by Crippen LogP contribution is -2.40. The van der Waals surface area contributed by atoms with E-state index in [-0.39, 0.29) is 12.6 Å². The van der Waals surface area contributed by atoms with Gasteiger partial charge in [0.15, 0.2) is 0 Å². The molecule has 20 heavy (non-hydrogen) atoms. The molecule has 0 unspecified atom stereocenters. The lowest BCUT2D eigenvalue weighted by atomic mass is 10.2. The molecule has 1 heterocycles. The Morgan fingerprint density at radius 3 is 3.00 bits per heavy atom. The molecule has 0 radical (unpaired) electrons.